The van der Waals surface area contributed by atoms with E-state index in [1.165, 1.54) is 12.2 Å². The van der Waals surface area contributed by atoms with Crippen LogP contribution in [0.5, 0.6) is 0 Å². The summed E-state index contributed by atoms with van der Waals surface area (Å²) in [7, 11) is 0. The smallest absolute Gasteiger partial charge is 0.322 e. The van der Waals surface area contributed by atoms with Gasteiger partial charge in [-0.05, 0) is 23.8 Å². The van der Waals surface area contributed by atoms with Crippen molar-refractivity contribution in [3.63, 3.8) is 0 Å². The zero-order valence-electron chi connectivity index (χ0n) is 8.61. The van der Waals surface area contributed by atoms with Crippen LogP contribution in [0.3, 0.4) is 0 Å². The molecule has 0 radical (unpaired) electrons. The SMILES string of the molecule is O=C(O)CNC(=O)/C=C/c1ccc(Cl)c(Cl)c1. The van der Waals surface area contributed by atoms with Crippen molar-refractivity contribution in [2.45, 2.75) is 0 Å². The van der Waals surface area contributed by atoms with Crippen LogP contribution in [0.15, 0.2) is 24.3 Å². The molecule has 0 saturated carbocycles. The summed E-state index contributed by atoms with van der Waals surface area (Å²) >= 11 is 11.5. The van der Waals surface area contributed by atoms with Gasteiger partial charge in [0.25, 0.3) is 0 Å². The normalized spacial score (nSPS) is 10.5. The highest BCUT2D eigenvalue weighted by Crippen LogP contribution is 2.22. The molecule has 0 fully saturated rings. The first kappa shape index (κ1) is 13.5. The molecule has 1 amide bonds. The number of carboxylic acid groups (broad SMARTS) is 1. The lowest BCUT2D eigenvalue weighted by molar-refractivity contribution is -0.137. The van der Waals surface area contributed by atoms with Gasteiger partial charge in [-0.3, -0.25) is 9.59 Å². The highest BCUT2D eigenvalue weighted by atomic mass is 35.5. The van der Waals surface area contributed by atoms with Gasteiger partial charge in [0, 0.05) is 6.08 Å². The average Bonchev–Trinajstić information content (AvgIpc) is 2.28. The van der Waals surface area contributed by atoms with Gasteiger partial charge >= 0.3 is 5.97 Å². The molecule has 1 aromatic carbocycles. The number of benzene rings is 1. The molecule has 0 aliphatic rings. The van der Waals surface area contributed by atoms with Crippen LogP contribution in [0.1, 0.15) is 5.56 Å². The van der Waals surface area contributed by atoms with E-state index < -0.39 is 18.4 Å². The molecule has 0 aliphatic carbocycles. The number of rotatable bonds is 4. The van der Waals surface area contributed by atoms with E-state index in [1.54, 1.807) is 18.2 Å². The summed E-state index contributed by atoms with van der Waals surface area (Å²) in [6.45, 7) is -0.412. The van der Waals surface area contributed by atoms with Gasteiger partial charge < -0.3 is 10.4 Å². The first-order valence-corrected chi connectivity index (χ1v) is 5.37. The molecule has 2 N–H and O–H groups in total. The van der Waals surface area contributed by atoms with Crippen molar-refractivity contribution in [1.29, 1.82) is 0 Å². The molecule has 0 spiro atoms. The molecule has 17 heavy (non-hydrogen) atoms. The Morgan fingerprint density at radius 3 is 2.59 bits per heavy atom. The zero-order chi connectivity index (χ0) is 12.8. The zero-order valence-corrected chi connectivity index (χ0v) is 10.1. The second kappa shape index (κ2) is 6.27. The quantitative estimate of drug-likeness (QED) is 0.827. The van der Waals surface area contributed by atoms with Gasteiger partial charge in [-0.2, -0.15) is 0 Å². The summed E-state index contributed by atoms with van der Waals surface area (Å²) in [5.74, 6) is -1.58. The monoisotopic (exact) mass is 273 g/mol. The van der Waals surface area contributed by atoms with E-state index in [0.29, 0.717) is 15.6 Å². The van der Waals surface area contributed by atoms with E-state index in [1.807, 2.05) is 0 Å². The van der Waals surface area contributed by atoms with E-state index in [4.69, 9.17) is 28.3 Å². The fourth-order valence-electron chi connectivity index (χ4n) is 1.01. The highest BCUT2D eigenvalue weighted by molar-refractivity contribution is 6.42. The van der Waals surface area contributed by atoms with Gasteiger partial charge in [0.2, 0.25) is 5.91 Å². The Morgan fingerprint density at radius 1 is 1.29 bits per heavy atom. The van der Waals surface area contributed by atoms with Crippen LogP contribution in [0.2, 0.25) is 10.0 Å². The molecule has 4 nitrogen and oxygen atoms in total. The van der Waals surface area contributed by atoms with Crippen molar-refractivity contribution in [2.24, 2.45) is 0 Å². The number of carbonyl (C=O) groups excluding carboxylic acids is 1. The Morgan fingerprint density at radius 2 is 2.00 bits per heavy atom. The van der Waals surface area contributed by atoms with Crippen molar-refractivity contribution >= 4 is 41.2 Å². The summed E-state index contributed by atoms with van der Waals surface area (Å²) in [6.07, 6.45) is 2.74. The predicted molar refractivity (Wildman–Crippen MR) is 66.1 cm³/mol. The van der Waals surface area contributed by atoms with Gasteiger partial charge in [0.05, 0.1) is 10.0 Å². The molecule has 0 heterocycles. The van der Waals surface area contributed by atoms with E-state index >= 15 is 0 Å². The van der Waals surface area contributed by atoms with Crippen molar-refractivity contribution in [3.8, 4) is 0 Å². The van der Waals surface area contributed by atoms with Gasteiger partial charge in [-0.25, -0.2) is 0 Å². The van der Waals surface area contributed by atoms with Crippen molar-refractivity contribution in [1.82, 2.24) is 5.32 Å². The molecule has 0 atom stereocenters. The third-order valence-corrected chi connectivity index (χ3v) is 2.52. The first-order valence-electron chi connectivity index (χ1n) is 4.62. The van der Waals surface area contributed by atoms with Crippen LogP contribution >= 0.6 is 23.2 Å². The summed E-state index contributed by atoms with van der Waals surface area (Å²) in [4.78, 5) is 21.3. The Bertz CT molecular complexity index is 472. The fraction of sp³-hybridized carbons (Fsp3) is 0.0909. The lowest BCUT2D eigenvalue weighted by atomic mass is 10.2. The van der Waals surface area contributed by atoms with Crippen molar-refractivity contribution in [3.05, 3.63) is 39.9 Å². The van der Waals surface area contributed by atoms with Crippen LogP contribution < -0.4 is 5.32 Å². The third-order valence-electron chi connectivity index (χ3n) is 1.78. The number of halogens is 2. The molecule has 0 saturated heterocycles. The number of hydrogen-bond acceptors (Lipinski definition) is 2. The Balaban J connectivity index is 2.61. The molecule has 0 aliphatic heterocycles. The Labute approximate surface area is 108 Å². The topological polar surface area (TPSA) is 66.4 Å². The number of aliphatic carboxylic acids is 1. The number of nitrogens with one attached hydrogen (secondary N) is 1. The second-order valence-corrected chi connectivity index (χ2v) is 3.93. The van der Waals surface area contributed by atoms with Crippen LogP contribution in [0.4, 0.5) is 0 Å². The standard InChI is InChI=1S/C11H9Cl2NO3/c12-8-3-1-7(5-9(8)13)2-4-10(15)14-6-11(16)17/h1-5H,6H2,(H,14,15)(H,16,17)/b4-2+. The van der Waals surface area contributed by atoms with Crippen LogP contribution in [0.25, 0.3) is 6.08 Å². The fourth-order valence-corrected chi connectivity index (χ4v) is 1.32. The summed E-state index contributed by atoms with van der Waals surface area (Å²) in [5.41, 5.74) is 0.699. The Kier molecular flexibility index (Phi) is 5.00. The van der Waals surface area contributed by atoms with E-state index in [0.717, 1.165) is 0 Å². The minimum Gasteiger partial charge on any atom is -0.480 e. The summed E-state index contributed by atoms with van der Waals surface area (Å²) < 4.78 is 0. The lowest BCUT2D eigenvalue weighted by Gasteiger charge is -1.98. The molecule has 0 unspecified atom stereocenters. The average molecular weight is 274 g/mol. The largest absolute Gasteiger partial charge is 0.480 e. The number of hydrogen-bond donors (Lipinski definition) is 2. The first-order chi connectivity index (χ1) is 7.99. The maximum atomic E-state index is 11.2. The highest BCUT2D eigenvalue weighted by Gasteiger charge is 2.00. The van der Waals surface area contributed by atoms with Crippen LogP contribution in [-0.2, 0) is 9.59 Å². The second-order valence-electron chi connectivity index (χ2n) is 3.12. The Hall–Kier alpha value is -1.52. The molecule has 0 bridgehead atoms. The van der Waals surface area contributed by atoms with Gasteiger partial charge in [-0.15, -0.1) is 0 Å². The van der Waals surface area contributed by atoms with E-state index in [9.17, 15) is 9.59 Å². The van der Waals surface area contributed by atoms with E-state index in [2.05, 4.69) is 5.32 Å². The molecular weight excluding hydrogens is 265 g/mol. The molecular formula is C11H9Cl2NO3. The molecule has 1 rings (SSSR count). The van der Waals surface area contributed by atoms with Gasteiger partial charge in [-0.1, -0.05) is 29.3 Å². The number of amides is 1. The van der Waals surface area contributed by atoms with Crippen molar-refractivity contribution in [2.75, 3.05) is 6.54 Å². The van der Waals surface area contributed by atoms with Gasteiger partial charge in [0.1, 0.15) is 6.54 Å². The number of carboxylic acids is 1. The third kappa shape index (κ3) is 4.89. The lowest BCUT2D eigenvalue weighted by Crippen LogP contribution is -2.27. The maximum absolute atomic E-state index is 11.2. The molecule has 0 aromatic heterocycles. The summed E-state index contributed by atoms with van der Waals surface area (Å²) in [6, 6.07) is 4.90. The number of carbonyl (C=O) groups is 2. The summed E-state index contributed by atoms with van der Waals surface area (Å²) in [5, 5.41) is 11.4. The van der Waals surface area contributed by atoms with Crippen molar-refractivity contribution < 1.29 is 14.7 Å². The maximum Gasteiger partial charge on any atom is 0.322 e. The van der Waals surface area contributed by atoms with E-state index in [-0.39, 0.29) is 0 Å². The van der Waals surface area contributed by atoms with Crippen LogP contribution in [-0.4, -0.2) is 23.5 Å². The van der Waals surface area contributed by atoms with Crippen LogP contribution in [0, 0.1) is 0 Å². The van der Waals surface area contributed by atoms with Gasteiger partial charge in [0.15, 0.2) is 0 Å². The predicted octanol–water partition coefficient (Wildman–Crippen LogP) is 2.21. The minimum absolute atomic E-state index is 0.389. The molecule has 6 heteroatoms. The molecule has 90 valence electrons. The minimum atomic E-state index is -1.10. The molecule has 1 aromatic rings.